The molecule has 0 fully saturated rings. The molecule has 1 atom stereocenters. The van der Waals surface area contributed by atoms with E-state index in [1.54, 1.807) is 0 Å². The second-order valence-electron chi connectivity index (χ2n) is 15.5. The quantitative estimate of drug-likeness (QED) is 0.0307. The summed E-state index contributed by atoms with van der Waals surface area (Å²) < 4.78 is 61.8. The van der Waals surface area contributed by atoms with E-state index >= 15 is 0 Å². The number of aromatic nitrogens is 1. The SMILES string of the molecule is CCCCCCCCCCCCCCCCN(CCCCCCCCCCCCCCCC)C(C)[n+]1c(C)cc(C)cc1C.F[P-](F)(F)(F)(F)F. The van der Waals surface area contributed by atoms with Crippen LogP contribution in [0.5, 0.6) is 0 Å². The van der Waals surface area contributed by atoms with Gasteiger partial charge in [0, 0.05) is 46.0 Å². The zero-order valence-electron chi connectivity index (χ0n) is 34.1. The second-order valence-corrected chi connectivity index (χ2v) is 17.4. The third kappa shape index (κ3) is 35.9. The molecule has 1 rings (SSSR count). The molecule has 0 aliphatic heterocycles. The summed E-state index contributed by atoms with van der Waals surface area (Å²) >= 11 is 0. The van der Waals surface area contributed by atoms with Crippen LogP contribution < -0.4 is 4.57 Å². The van der Waals surface area contributed by atoms with E-state index < -0.39 is 7.81 Å². The molecule has 1 heterocycles. The molecule has 306 valence electrons. The molecule has 0 aromatic carbocycles. The van der Waals surface area contributed by atoms with E-state index in [1.165, 1.54) is 210 Å². The third-order valence-corrected chi connectivity index (χ3v) is 10.1. The van der Waals surface area contributed by atoms with Crippen molar-refractivity contribution >= 4 is 7.81 Å². The van der Waals surface area contributed by atoms with Crippen LogP contribution in [0.2, 0.25) is 0 Å². The van der Waals surface area contributed by atoms with Crippen LogP contribution in [0.25, 0.3) is 0 Å². The fraction of sp³-hybridized carbons (Fsp3) is 0.881. The number of pyridine rings is 1. The number of nitrogens with zero attached hydrogens (tertiary/aromatic N) is 2. The van der Waals surface area contributed by atoms with Crippen LogP contribution in [0, 0.1) is 20.8 Å². The molecule has 2 nitrogen and oxygen atoms in total. The van der Waals surface area contributed by atoms with Gasteiger partial charge in [-0.25, -0.2) is 4.90 Å². The Morgan fingerprint density at radius 2 is 0.667 bits per heavy atom. The monoisotopic (exact) mass is 759 g/mol. The van der Waals surface area contributed by atoms with Gasteiger partial charge in [-0.1, -0.05) is 181 Å². The molecule has 0 aliphatic carbocycles. The summed E-state index contributed by atoms with van der Waals surface area (Å²) in [6.45, 7) is 16.4. The molecule has 0 radical (unpaired) electrons. The molecule has 9 heteroatoms. The first-order valence-corrected chi connectivity index (χ1v) is 23.3. The van der Waals surface area contributed by atoms with Crippen molar-refractivity contribution in [3.8, 4) is 0 Å². The summed E-state index contributed by atoms with van der Waals surface area (Å²) in [6.07, 6.45) is 40.6. The Kier molecular flexibility index (Phi) is 27.2. The number of rotatable bonds is 32. The van der Waals surface area contributed by atoms with Crippen LogP contribution in [-0.2, 0) is 0 Å². The van der Waals surface area contributed by atoms with Crippen molar-refractivity contribution in [3.63, 3.8) is 0 Å². The van der Waals surface area contributed by atoms with Crippen LogP contribution in [-0.4, -0.2) is 18.0 Å². The molecule has 51 heavy (non-hydrogen) atoms. The zero-order valence-corrected chi connectivity index (χ0v) is 34.9. The van der Waals surface area contributed by atoms with Crippen molar-refractivity contribution in [2.24, 2.45) is 0 Å². The average Bonchev–Trinajstić information content (AvgIpc) is 3.02. The summed E-state index contributed by atoms with van der Waals surface area (Å²) in [5, 5.41) is 0. The van der Waals surface area contributed by atoms with Crippen molar-refractivity contribution in [2.75, 3.05) is 13.1 Å². The van der Waals surface area contributed by atoms with Gasteiger partial charge in [0.25, 0.3) is 0 Å². The van der Waals surface area contributed by atoms with Gasteiger partial charge in [-0.15, -0.1) is 0 Å². The van der Waals surface area contributed by atoms with E-state index in [0.717, 1.165) is 0 Å². The van der Waals surface area contributed by atoms with Gasteiger partial charge in [0.05, 0.1) is 0 Å². The zero-order chi connectivity index (χ0) is 38.5. The Bertz CT molecular complexity index is 904. The van der Waals surface area contributed by atoms with Crippen LogP contribution in [0.3, 0.4) is 0 Å². The Morgan fingerprint density at radius 1 is 0.451 bits per heavy atom. The number of halogens is 6. The molecule has 1 aromatic rings. The molecule has 1 aromatic heterocycles. The minimum absolute atomic E-state index is 0.444. The van der Waals surface area contributed by atoms with Crippen LogP contribution >= 0.6 is 7.81 Å². The van der Waals surface area contributed by atoms with Crippen molar-refractivity contribution in [1.29, 1.82) is 0 Å². The van der Waals surface area contributed by atoms with E-state index in [4.69, 9.17) is 0 Å². The summed E-state index contributed by atoms with van der Waals surface area (Å²) in [7, 11) is -10.7. The van der Waals surface area contributed by atoms with Crippen molar-refractivity contribution in [1.82, 2.24) is 4.90 Å². The van der Waals surface area contributed by atoms with Gasteiger partial charge in [0.2, 0.25) is 6.17 Å². The molecule has 0 amide bonds. The second kappa shape index (κ2) is 27.7. The number of aryl methyl sites for hydroxylation is 3. The standard InChI is InChI=1S/C42H81N2.F6P/c1-7-9-11-13-15-17-19-21-23-25-27-29-31-33-35-43(42(6)44-40(4)37-39(3)38-41(44)5)36-34-32-30-28-26-24-22-20-18-16-14-12-10-8-2;1-7(2,3,4,5)6/h37-38,42H,7-36H2,1-6H3;/q+1;-1. The number of hydrogen-bond donors (Lipinski definition) is 0. The molecule has 0 saturated heterocycles. The molecule has 1 unspecified atom stereocenters. The van der Waals surface area contributed by atoms with Crippen LogP contribution in [0.4, 0.5) is 25.2 Å². The van der Waals surface area contributed by atoms with E-state index in [-0.39, 0.29) is 0 Å². The van der Waals surface area contributed by atoms with Gasteiger partial charge in [-0.05, 0) is 25.3 Å². The normalized spacial score (nSPS) is 13.9. The van der Waals surface area contributed by atoms with Crippen LogP contribution in [0.1, 0.15) is 224 Å². The predicted molar refractivity (Wildman–Crippen MR) is 211 cm³/mol. The van der Waals surface area contributed by atoms with Crippen molar-refractivity contribution in [2.45, 2.75) is 227 Å². The summed E-state index contributed by atoms with van der Waals surface area (Å²) in [6, 6.07) is 4.72. The van der Waals surface area contributed by atoms with Gasteiger partial charge in [0.1, 0.15) is 0 Å². The van der Waals surface area contributed by atoms with Gasteiger partial charge in [-0.3, -0.25) is 0 Å². The van der Waals surface area contributed by atoms with E-state index in [9.17, 15) is 25.2 Å². The Balaban J connectivity index is 0.00000321. The fourth-order valence-electron chi connectivity index (χ4n) is 7.37. The Hall–Kier alpha value is -0.880. The molecular weight excluding hydrogens is 677 g/mol. The predicted octanol–water partition coefficient (Wildman–Crippen LogP) is 17.1. The van der Waals surface area contributed by atoms with Crippen molar-refractivity contribution < 1.29 is 29.7 Å². The first-order valence-electron chi connectivity index (χ1n) is 21.3. The Labute approximate surface area is 311 Å². The average molecular weight is 759 g/mol. The third-order valence-electron chi connectivity index (χ3n) is 10.1. The summed E-state index contributed by atoms with van der Waals surface area (Å²) in [5.41, 5.74) is 4.19. The van der Waals surface area contributed by atoms with Gasteiger partial charge >= 0.3 is 33.0 Å². The first kappa shape index (κ1) is 50.1. The van der Waals surface area contributed by atoms with E-state index in [1.807, 2.05) is 0 Å². The Morgan fingerprint density at radius 3 is 0.902 bits per heavy atom. The molecule has 0 bridgehead atoms. The molecular formula is C42H81F6N2P. The topological polar surface area (TPSA) is 7.12 Å². The molecule has 0 N–H and O–H groups in total. The maximum absolute atomic E-state index is 10.7. The van der Waals surface area contributed by atoms with Gasteiger partial charge in [0.15, 0.2) is 11.4 Å². The fourth-order valence-corrected chi connectivity index (χ4v) is 7.37. The summed E-state index contributed by atoms with van der Waals surface area (Å²) in [4.78, 5) is 2.80. The van der Waals surface area contributed by atoms with Gasteiger partial charge < -0.3 is 0 Å². The minimum atomic E-state index is -10.7. The van der Waals surface area contributed by atoms with E-state index in [2.05, 4.69) is 63.1 Å². The molecule has 0 saturated carbocycles. The first-order chi connectivity index (χ1) is 24.0. The molecule has 0 aliphatic rings. The van der Waals surface area contributed by atoms with Gasteiger partial charge in [-0.2, -0.15) is 4.57 Å². The van der Waals surface area contributed by atoms with Crippen molar-refractivity contribution in [3.05, 3.63) is 29.1 Å². The number of hydrogen-bond acceptors (Lipinski definition) is 1. The number of unbranched alkanes of at least 4 members (excludes halogenated alkanes) is 26. The van der Waals surface area contributed by atoms with Crippen LogP contribution in [0.15, 0.2) is 12.1 Å². The maximum atomic E-state index is 9.87. The van der Waals surface area contributed by atoms with E-state index in [0.29, 0.717) is 6.17 Å². The summed E-state index contributed by atoms with van der Waals surface area (Å²) in [5.74, 6) is 0. The molecule has 0 spiro atoms.